The standard InChI is InChI=1S/C38H31F5N2O/c1-3-5-7-8-25-23-44-37(45-24-25)28-12-10-26(11-13-28)29-15-18-32(35(40)20-29)30-16-19-33(36(41)21-30)38(42,43)46-31-17-14-27(9-6-4-2)34(39)22-31/h3-5,10-24H,2,6-9H2,1H3/b5-3+. The van der Waals surface area contributed by atoms with Crippen LogP contribution >= 0.6 is 0 Å². The fourth-order valence-electron chi connectivity index (χ4n) is 4.96. The first-order chi connectivity index (χ1) is 22.2. The summed E-state index contributed by atoms with van der Waals surface area (Å²) in [6.07, 6.45) is 7.88. The van der Waals surface area contributed by atoms with Crippen molar-refractivity contribution >= 4 is 0 Å². The van der Waals surface area contributed by atoms with Gasteiger partial charge in [-0.3, -0.25) is 0 Å². The monoisotopic (exact) mass is 626 g/mol. The van der Waals surface area contributed by atoms with Crippen molar-refractivity contribution in [2.24, 2.45) is 0 Å². The normalized spacial score (nSPS) is 11.6. The molecule has 0 unspecified atom stereocenters. The van der Waals surface area contributed by atoms with E-state index in [-0.39, 0.29) is 11.1 Å². The minimum Gasteiger partial charge on any atom is -0.429 e. The van der Waals surface area contributed by atoms with Crippen LogP contribution in [0.1, 0.15) is 36.5 Å². The average Bonchev–Trinajstić information content (AvgIpc) is 3.04. The molecular formula is C38H31F5N2O. The molecule has 0 saturated heterocycles. The van der Waals surface area contributed by atoms with E-state index in [0.717, 1.165) is 47.7 Å². The predicted molar refractivity (Wildman–Crippen MR) is 171 cm³/mol. The Morgan fingerprint density at radius 3 is 2.04 bits per heavy atom. The van der Waals surface area contributed by atoms with Gasteiger partial charge in [0.2, 0.25) is 0 Å². The van der Waals surface area contributed by atoms with Gasteiger partial charge in [0.1, 0.15) is 23.2 Å². The first-order valence-corrected chi connectivity index (χ1v) is 14.8. The number of hydrogen-bond acceptors (Lipinski definition) is 3. The van der Waals surface area contributed by atoms with Gasteiger partial charge in [-0.1, -0.05) is 66.8 Å². The summed E-state index contributed by atoms with van der Waals surface area (Å²) in [5, 5.41) is 0. The molecule has 4 aromatic carbocycles. The number of benzene rings is 4. The Morgan fingerprint density at radius 2 is 1.39 bits per heavy atom. The van der Waals surface area contributed by atoms with Crippen LogP contribution in [-0.2, 0) is 19.0 Å². The Morgan fingerprint density at radius 1 is 0.717 bits per heavy atom. The van der Waals surface area contributed by atoms with Crippen molar-refractivity contribution in [2.75, 3.05) is 0 Å². The summed E-state index contributed by atoms with van der Waals surface area (Å²) in [5.41, 5.74) is 2.54. The van der Waals surface area contributed by atoms with Crippen molar-refractivity contribution in [3.63, 3.8) is 0 Å². The number of aryl methyl sites for hydroxylation is 2. The second kappa shape index (κ2) is 14.3. The second-order valence-corrected chi connectivity index (χ2v) is 10.7. The molecule has 1 heterocycles. The Kier molecular flexibility index (Phi) is 10.1. The SMILES string of the molecule is C=CCCc1ccc(OC(F)(F)c2ccc(-c3ccc(-c4ccc(-c5ncc(CC/C=C/C)cn5)cc4)cc3F)cc2F)cc1F. The highest BCUT2D eigenvalue weighted by atomic mass is 19.3. The maximum Gasteiger partial charge on any atom is 0.429 e. The van der Waals surface area contributed by atoms with Crippen LogP contribution < -0.4 is 4.74 Å². The Balaban J connectivity index is 1.29. The molecule has 3 nitrogen and oxygen atoms in total. The number of alkyl halides is 2. The van der Waals surface area contributed by atoms with Gasteiger partial charge >= 0.3 is 6.11 Å². The number of aromatic nitrogens is 2. The van der Waals surface area contributed by atoms with E-state index < -0.39 is 34.9 Å². The lowest BCUT2D eigenvalue weighted by molar-refractivity contribution is -0.187. The fourth-order valence-corrected chi connectivity index (χ4v) is 4.96. The van der Waals surface area contributed by atoms with Crippen molar-refractivity contribution in [3.8, 4) is 39.4 Å². The Bertz CT molecular complexity index is 1850. The lowest BCUT2D eigenvalue weighted by Crippen LogP contribution is -2.23. The van der Waals surface area contributed by atoms with Crippen molar-refractivity contribution < 1.29 is 26.7 Å². The molecule has 0 aliphatic heterocycles. The summed E-state index contributed by atoms with van der Waals surface area (Å²) in [7, 11) is 0. The minimum atomic E-state index is -4.11. The molecule has 0 radical (unpaired) electrons. The summed E-state index contributed by atoms with van der Waals surface area (Å²) in [4.78, 5) is 8.91. The average molecular weight is 627 g/mol. The fraction of sp³-hybridized carbons (Fsp3) is 0.158. The largest absolute Gasteiger partial charge is 0.429 e. The van der Waals surface area contributed by atoms with Crippen LogP contribution in [0.3, 0.4) is 0 Å². The summed E-state index contributed by atoms with van der Waals surface area (Å²) in [6.45, 7) is 5.55. The molecule has 46 heavy (non-hydrogen) atoms. The maximum atomic E-state index is 15.3. The number of hydrogen-bond donors (Lipinski definition) is 0. The highest BCUT2D eigenvalue weighted by molar-refractivity contribution is 5.72. The molecule has 0 aliphatic carbocycles. The van der Waals surface area contributed by atoms with Crippen molar-refractivity contribution in [3.05, 3.63) is 150 Å². The van der Waals surface area contributed by atoms with Gasteiger partial charge in [-0.15, -0.1) is 6.58 Å². The molecule has 5 rings (SSSR count). The second-order valence-electron chi connectivity index (χ2n) is 10.7. The van der Waals surface area contributed by atoms with Crippen LogP contribution in [0.15, 0.2) is 116 Å². The molecule has 0 N–H and O–H groups in total. The first kappa shape index (κ1) is 32.3. The Hall–Kier alpha value is -5.11. The van der Waals surface area contributed by atoms with E-state index in [1.54, 1.807) is 12.1 Å². The molecule has 0 bridgehead atoms. The predicted octanol–water partition coefficient (Wildman–Crippen LogP) is 10.7. The topological polar surface area (TPSA) is 35.0 Å². The quantitative estimate of drug-likeness (QED) is 0.102. The van der Waals surface area contributed by atoms with Gasteiger partial charge in [0.25, 0.3) is 0 Å². The molecule has 234 valence electrons. The summed E-state index contributed by atoms with van der Waals surface area (Å²) < 4.78 is 79.1. The molecule has 0 saturated carbocycles. The van der Waals surface area contributed by atoms with E-state index in [9.17, 15) is 17.6 Å². The lowest BCUT2D eigenvalue weighted by atomic mass is 9.98. The third-order valence-electron chi connectivity index (χ3n) is 7.47. The molecule has 8 heteroatoms. The van der Waals surface area contributed by atoms with Crippen molar-refractivity contribution in [2.45, 2.75) is 38.7 Å². The van der Waals surface area contributed by atoms with E-state index in [2.05, 4.69) is 27.4 Å². The number of halogens is 5. The lowest BCUT2D eigenvalue weighted by Gasteiger charge is -2.20. The van der Waals surface area contributed by atoms with Crippen LogP contribution in [0.2, 0.25) is 0 Å². The smallest absolute Gasteiger partial charge is 0.429 e. The minimum absolute atomic E-state index is 0.0372. The molecule has 0 spiro atoms. The third kappa shape index (κ3) is 7.57. The summed E-state index contributed by atoms with van der Waals surface area (Å²) in [5.74, 6) is -2.54. The van der Waals surface area contributed by atoms with Crippen LogP contribution in [0.25, 0.3) is 33.6 Å². The van der Waals surface area contributed by atoms with Crippen molar-refractivity contribution in [1.82, 2.24) is 9.97 Å². The van der Waals surface area contributed by atoms with Gasteiger partial charge < -0.3 is 4.74 Å². The van der Waals surface area contributed by atoms with E-state index in [1.165, 1.54) is 30.3 Å². The number of nitrogens with zero attached hydrogens (tertiary/aromatic N) is 2. The zero-order valence-electron chi connectivity index (χ0n) is 25.1. The van der Waals surface area contributed by atoms with Crippen LogP contribution in [0.5, 0.6) is 5.75 Å². The molecular weight excluding hydrogens is 595 g/mol. The molecule has 0 atom stereocenters. The molecule has 1 aromatic heterocycles. The van der Waals surface area contributed by atoms with Gasteiger partial charge in [0.15, 0.2) is 5.82 Å². The molecule has 0 aliphatic rings. The first-order valence-electron chi connectivity index (χ1n) is 14.8. The number of ether oxygens (including phenoxy) is 1. The van der Waals surface area contributed by atoms with Crippen LogP contribution in [-0.4, -0.2) is 9.97 Å². The number of rotatable bonds is 12. The zero-order chi connectivity index (χ0) is 32.7. The van der Waals surface area contributed by atoms with E-state index in [1.807, 2.05) is 49.7 Å². The van der Waals surface area contributed by atoms with Gasteiger partial charge in [-0.2, -0.15) is 8.78 Å². The van der Waals surface area contributed by atoms with Gasteiger partial charge in [0.05, 0.1) is 5.56 Å². The molecule has 0 amide bonds. The van der Waals surface area contributed by atoms with Gasteiger partial charge in [0, 0.05) is 29.6 Å². The maximum absolute atomic E-state index is 15.3. The van der Waals surface area contributed by atoms with E-state index in [0.29, 0.717) is 29.8 Å². The van der Waals surface area contributed by atoms with Gasteiger partial charge in [-0.25, -0.2) is 23.1 Å². The van der Waals surface area contributed by atoms with Crippen molar-refractivity contribution in [1.29, 1.82) is 0 Å². The summed E-state index contributed by atoms with van der Waals surface area (Å²) >= 11 is 0. The third-order valence-corrected chi connectivity index (χ3v) is 7.47. The van der Waals surface area contributed by atoms with Crippen LogP contribution in [0.4, 0.5) is 22.0 Å². The van der Waals surface area contributed by atoms with Crippen LogP contribution in [0, 0.1) is 17.5 Å². The summed E-state index contributed by atoms with van der Waals surface area (Å²) in [6, 6.07) is 18.0. The molecule has 5 aromatic rings. The highest BCUT2D eigenvalue weighted by Crippen LogP contribution is 2.36. The van der Waals surface area contributed by atoms with E-state index in [4.69, 9.17) is 0 Å². The van der Waals surface area contributed by atoms with Gasteiger partial charge in [-0.05, 0) is 84.7 Å². The van der Waals surface area contributed by atoms with E-state index >= 15 is 4.39 Å². The zero-order valence-corrected chi connectivity index (χ0v) is 25.1. The molecule has 0 fully saturated rings. The Labute approximate surface area is 264 Å². The highest BCUT2D eigenvalue weighted by Gasteiger charge is 2.38. The number of allylic oxidation sites excluding steroid dienone is 3.